The van der Waals surface area contributed by atoms with Crippen LogP contribution in [-0.2, 0) is 0 Å². The molecule has 1 atom stereocenters. The molecule has 0 aromatic heterocycles. The molecule has 5 heteroatoms. The van der Waals surface area contributed by atoms with Gasteiger partial charge in [-0.25, -0.2) is 0 Å². The number of halogens is 2. The summed E-state index contributed by atoms with van der Waals surface area (Å²) in [4.78, 5) is 14.8. The monoisotopic (exact) mass is 372 g/mol. The molecular formula is C16H22BrClN2O. The highest BCUT2D eigenvalue weighted by molar-refractivity contribution is 9.10. The lowest BCUT2D eigenvalue weighted by atomic mass is 9.98. The van der Waals surface area contributed by atoms with Crippen molar-refractivity contribution in [3.05, 3.63) is 33.3 Å². The predicted molar refractivity (Wildman–Crippen MR) is 90.9 cm³/mol. The van der Waals surface area contributed by atoms with Gasteiger partial charge in [0.2, 0.25) is 0 Å². The molecule has 0 saturated carbocycles. The van der Waals surface area contributed by atoms with E-state index in [0.717, 1.165) is 24.1 Å². The summed E-state index contributed by atoms with van der Waals surface area (Å²) in [6, 6.07) is 5.51. The molecule has 0 spiro atoms. The molecule has 116 valence electrons. The summed E-state index contributed by atoms with van der Waals surface area (Å²) in [7, 11) is 0. The third-order valence-electron chi connectivity index (χ3n) is 3.90. The molecule has 1 heterocycles. The Morgan fingerprint density at radius 1 is 1.52 bits per heavy atom. The Morgan fingerprint density at radius 2 is 2.29 bits per heavy atom. The molecule has 21 heavy (non-hydrogen) atoms. The number of benzene rings is 1. The number of hydrogen-bond donors (Lipinski definition) is 1. The smallest absolute Gasteiger partial charge is 0.255 e. The summed E-state index contributed by atoms with van der Waals surface area (Å²) in [6.07, 6.45) is 2.38. The molecule has 0 bridgehead atoms. The Hall–Kier alpha value is -0.580. The van der Waals surface area contributed by atoms with Crippen molar-refractivity contribution in [3.63, 3.8) is 0 Å². The summed E-state index contributed by atoms with van der Waals surface area (Å²) >= 11 is 9.40. The molecule has 1 fully saturated rings. The van der Waals surface area contributed by atoms with Crippen LogP contribution in [-0.4, -0.2) is 36.5 Å². The normalized spacial score (nSPS) is 18.8. The molecule has 1 N–H and O–H groups in total. The van der Waals surface area contributed by atoms with Crippen LogP contribution in [0.25, 0.3) is 0 Å². The number of carbonyl (C=O) groups excluding carboxylic acids is 1. The van der Waals surface area contributed by atoms with Crippen molar-refractivity contribution in [2.24, 2.45) is 5.92 Å². The van der Waals surface area contributed by atoms with Crippen LogP contribution in [0.1, 0.15) is 37.0 Å². The fourth-order valence-electron chi connectivity index (χ4n) is 2.70. The topological polar surface area (TPSA) is 32.3 Å². The van der Waals surface area contributed by atoms with Crippen LogP contribution < -0.4 is 5.32 Å². The maximum Gasteiger partial charge on any atom is 0.255 e. The van der Waals surface area contributed by atoms with Gasteiger partial charge in [-0.05, 0) is 79.8 Å². The average Bonchev–Trinajstić information content (AvgIpc) is 2.45. The van der Waals surface area contributed by atoms with Crippen molar-refractivity contribution < 1.29 is 4.79 Å². The third-order valence-corrected chi connectivity index (χ3v) is 4.79. The van der Waals surface area contributed by atoms with Gasteiger partial charge >= 0.3 is 0 Å². The summed E-state index contributed by atoms with van der Waals surface area (Å²) in [5.74, 6) is 0.607. The second kappa shape index (κ2) is 7.61. The standard InChI is InChI=1S/C16H22BrClN2O/c1-11(2)20(10-12-4-3-7-19-9-12)16(21)14-6-5-13(18)8-15(14)17/h5-6,8,11-12,19H,3-4,7,9-10H2,1-2H3. The molecule has 0 radical (unpaired) electrons. The second-order valence-electron chi connectivity index (χ2n) is 5.89. The number of amides is 1. The molecule has 1 saturated heterocycles. The minimum atomic E-state index is 0.0686. The molecule has 2 rings (SSSR count). The summed E-state index contributed by atoms with van der Waals surface area (Å²) in [5, 5.41) is 4.04. The third kappa shape index (κ3) is 4.44. The van der Waals surface area contributed by atoms with E-state index in [1.165, 1.54) is 12.8 Å². The van der Waals surface area contributed by atoms with Gasteiger partial charge in [-0.1, -0.05) is 11.6 Å². The first-order chi connectivity index (χ1) is 9.99. The zero-order valence-electron chi connectivity index (χ0n) is 12.5. The summed E-state index contributed by atoms with van der Waals surface area (Å²) < 4.78 is 0.757. The molecule has 1 unspecified atom stereocenters. The van der Waals surface area contributed by atoms with Gasteiger partial charge in [-0.2, -0.15) is 0 Å². The first-order valence-electron chi connectivity index (χ1n) is 7.45. The van der Waals surface area contributed by atoms with Crippen LogP contribution >= 0.6 is 27.5 Å². The van der Waals surface area contributed by atoms with E-state index in [4.69, 9.17) is 11.6 Å². The Morgan fingerprint density at radius 3 is 2.86 bits per heavy atom. The fourth-order valence-corrected chi connectivity index (χ4v) is 3.56. The lowest BCUT2D eigenvalue weighted by Gasteiger charge is -2.33. The van der Waals surface area contributed by atoms with Gasteiger partial charge in [-0.3, -0.25) is 4.79 Å². The van der Waals surface area contributed by atoms with Gasteiger partial charge in [0, 0.05) is 22.1 Å². The molecule has 1 aliphatic rings. The van der Waals surface area contributed by atoms with Crippen molar-refractivity contribution >= 4 is 33.4 Å². The van der Waals surface area contributed by atoms with Crippen LogP contribution in [0, 0.1) is 5.92 Å². The second-order valence-corrected chi connectivity index (χ2v) is 7.18. The van der Waals surface area contributed by atoms with E-state index >= 15 is 0 Å². The number of carbonyl (C=O) groups is 1. The van der Waals surface area contributed by atoms with Crippen molar-refractivity contribution in [1.82, 2.24) is 10.2 Å². The van der Waals surface area contributed by atoms with Crippen molar-refractivity contribution in [3.8, 4) is 0 Å². The molecule has 3 nitrogen and oxygen atoms in total. The summed E-state index contributed by atoms with van der Waals surface area (Å²) in [6.45, 7) is 7.03. The zero-order chi connectivity index (χ0) is 15.4. The van der Waals surface area contributed by atoms with E-state index in [9.17, 15) is 4.79 Å². The molecule has 0 aliphatic carbocycles. The minimum absolute atomic E-state index is 0.0686. The van der Waals surface area contributed by atoms with Crippen LogP contribution in [0.4, 0.5) is 0 Å². The zero-order valence-corrected chi connectivity index (χ0v) is 14.9. The van der Waals surface area contributed by atoms with Gasteiger partial charge in [0.15, 0.2) is 0 Å². The van der Waals surface area contributed by atoms with Crippen LogP contribution in [0.5, 0.6) is 0 Å². The van der Waals surface area contributed by atoms with Gasteiger partial charge < -0.3 is 10.2 Å². The lowest BCUT2D eigenvalue weighted by molar-refractivity contribution is 0.0660. The number of rotatable bonds is 4. The van der Waals surface area contributed by atoms with E-state index in [1.54, 1.807) is 18.2 Å². The minimum Gasteiger partial charge on any atom is -0.336 e. The number of nitrogens with zero attached hydrogens (tertiary/aromatic N) is 1. The Labute approximate surface area is 140 Å². The Bertz CT molecular complexity index is 501. The van der Waals surface area contributed by atoms with E-state index in [0.29, 0.717) is 16.5 Å². The number of hydrogen-bond acceptors (Lipinski definition) is 2. The predicted octanol–water partition coefficient (Wildman–Crippen LogP) is 3.95. The van der Waals surface area contributed by atoms with Crippen molar-refractivity contribution in [2.45, 2.75) is 32.7 Å². The number of piperidine rings is 1. The SMILES string of the molecule is CC(C)N(CC1CCCNC1)C(=O)c1ccc(Cl)cc1Br. The Kier molecular flexibility index (Phi) is 6.08. The van der Waals surface area contributed by atoms with Crippen molar-refractivity contribution in [1.29, 1.82) is 0 Å². The van der Waals surface area contributed by atoms with Crippen molar-refractivity contribution in [2.75, 3.05) is 19.6 Å². The quantitative estimate of drug-likeness (QED) is 0.866. The summed E-state index contributed by atoms with van der Waals surface area (Å²) in [5.41, 5.74) is 0.678. The van der Waals surface area contributed by atoms with E-state index in [2.05, 4.69) is 35.1 Å². The largest absolute Gasteiger partial charge is 0.336 e. The first kappa shape index (κ1) is 16.8. The maximum atomic E-state index is 12.8. The molecular weight excluding hydrogens is 352 g/mol. The highest BCUT2D eigenvalue weighted by Crippen LogP contribution is 2.24. The van der Waals surface area contributed by atoms with E-state index in [-0.39, 0.29) is 11.9 Å². The fraction of sp³-hybridized carbons (Fsp3) is 0.562. The van der Waals surface area contributed by atoms with Gasteiger partial charge in [0.05, 0.1) is 5.56 Å². The van der Waals surface area contributed by atoms with Crippen LogP contribution in [0.3, 0.4) is 0 Å². The Balaban J connectivity index is 2.14. The van der Waals surface area contributed by atoms with E-state index < -0.39 is 0 Å². The van der Waals surface area contributed by atoms with Crippen LogP contribution in [0.2, 0.25) is 5.02 Å². The maximum absolute atomic E-state index is 12.8. The van der Waals surface area contributed by atoms with Crippen LogP contribution in [0.15, 0.2) is 22.7 Å². The molecule has 1 aliphatic heterocycles. The van der Waals surface area contributed by atoms with Gasteiger partial charge in [0.25, 0.3) is 5.91 Å². The van der Waals surface area contributed by atoms with Gasteiger partial charge in [0.1, 0.15) is 0 Å². The first-order valence-corrected chi connectivity index (χ1v) is 8.63. The van der Waals surface area contributed by atoms with Gasteiger partial charge in [-0.15, -0.1) is 0 Å². The lowest BCUT2D eigenvalue weighted by Crippen LogP contribution is -2.44. The highest BCUT2D eigenvalue weighted by Gasteiger charge is 2.25. The molecule has 1 amide bonds. The molecule has 1 aromatic carbocycles. The average molecular weight is 374 g/mol. The van der Waals surface area contributed by atoms with E-state index in [1.807, 2.05) is 4.90 Å². The number of nitrogens with one attached hydrogen (secondary N) is 1. The highest BCUT2D eigenvalue weighted by atomic mass is 79.9. The molecule has 1 aromatic rings.